The maximum absolute atomic E-state index is 12.5. The Balaban J connectivity index is 1.95. The average molecular weight is 402 g/mol. The molecule has 25 heavy (non-hydrogen) atoms. The monoisotopic (exact) mass is 401 g/mol. The lowest BCUT2D eigenvalue weighted by Crippen LogP contribution is -2.14. The minimum absolute atomic E-state index is 0.0913. The van der Waals surface area contributed by atoms with Crippen LogP contribution >= 0.6 is 15.9 Å². The number of hydrogen-bond acceptors (Lipinski definition) is 4. The summed E-state index contributed by atoms with van der Waals surface area (Å²) in [6, 6.07) is 10.0. The Labute approximate surface area is 149 Å². The van der Waals surface area contributed by atoms with Crippen molar-refractivity contribution in [2.45, 2.75) is 5.92 Å². The van der Waals surface area contributed by atoms with Crippen molar-refractivity contribution in [3.05, 3.63) is 57.7 Å². The molecule has 1 aliphatic rings. The predicted molar refractivity (Wildman–Crippen MR) is 95.3 cm³/mol. The van der Waals surface area contributed by atoms with E-state index in [2.05, 4.69) is 31.7 Å². The maximum atomic E-state index is 12.5. The van der Waals surface area contributed by atoms with Gasteiger partial charge in [-0.25, -0.2) is 4.79 Å². The fourth-order valence-corrected chi connectivity index (χ4v) is 3.70. The molecule has 0 radical (unpaired) electrons. The van der Waals surface area contributed by atoms with E-state index in [-0.39, 0.29) is 17.2 Å². The molecule has 0 bridgehead atoms. The van der Waals surface area contributed by atoms with Gasteiger partial charge in [-0.15, -0.1) is 0 Å². The van der Waals surface area contributed by atoms with Crippen LogP contribution in [0.4, 0.5) is 11.4 Å². The average Bonchev–Trinajstić information content (AvgIpc) is 3.11. The molecule has 7 nitrogen and oxygen atoms in total. The standard InChI is InChI=1S/C17H12BrN3O4/c18-10-3-1-2-8-12(16(22)20-13(8)10)15-14(21-25)9-6-7(17(23)24)4-5-11(9)19-15/h1-6,12,19,21,25H,(H,20,22)(H,23,24)/t12-/m0/s1. The van der Waals surface area contributed by atoms with Gasteiger partial charge in [-0.05, 0) is 45.8 Å². The van der Waals surface area contributed by atoms with E-state index in [1.54, 1.807) is 6.07 Å². The summed E-state index contributed by atoms with van der Waals surface area (Å²) in [7, 11) is 0. The number of H-pyrrole nitrogens is 1. The van der Waals surface area contributed by atoms with Gasteiger partial charge in [0.05, 0.1) is 22.6 Å². The van der Waals surface area contributed by atoms with Crippen LogP contribution in [0.5, 0.6) is 0 Å². The van der Waals surface area contributed by atoms with E-state index in [0.717, 1.165) is 10.0 Å². The number of aromatic nitrogens is 1. The van der Waals surface area contributed by atoms with Gasteiger partial charge in [0.25, 0.3) is 0 Å². The summed E-state index contributed by atoms with van der Waals surface area (Å²) in [5.74, 6) is -1.95. The predicted octanol–water partition coefficient (Wildman–Crippen LogP) is 3.51. The number of aromatic carboxylic acids is 1. The highest BCUT2D eigenvalue weighted by atomic mass is 79.9. The quantitative estimate of drug-likeness (QED) is 0.430. The second-order valence-corrected chi connectivity index (χ2v) is 6.57. The van der Waals surface area contributed by atoms with Gasteiger partial charge in [0.15, 0.2) is 0 Å². The van der Waals surface area contributed by atoms with Gasteiger partial charge in [0.2, 0.25) is 5.91 Å². The van der Waals surface area contributed by atoms with E-state index in [9.17, 15) is 14.8 Å². The first kappa shape index (κ1) is 15.7. The fourth-order valence-electron chi connectivity index (χ4n) is 3.22. The number of nitrogens with one attached hydrogen (secondary N) is 3. The number of aromatic amines is 1. The Kier molecular flexibility index (Phi) is 3.52. The molecule has 0 spiro atoms. The van der Waals surface area contributed by atoms with Gasteiger partial charge in [-0.1, -0.05) is 12.1 Å². The minimum Gasteiger partial charge on any atom is -0.478 e. The number of fused-ring (bicyclic) bond motifs is 2. The summed E-state index contributed by atoms with van der Waals surface area (Å²) >= 11 is 3.42. The molecular formula is C17H12BrN3O4. The molecule has 2 aromatic carbocycles. The Hall–Kier alpha value is -2.84. The number of carboxylic acid groups (broad SMARTS) is 1. The van der Waals surface area contributed by atoms with Crippen LogP contribution in [-0.2, 0) is 4.79 Å². The molecule has 5 N–H and O–H groups in total. The number of benzene rings is 2. The molecule has 4 rings (SSSR count). The van der Waals surface area contributed by atoms with Crippen LogP contribution in [0.2, 0.25) is 0 Å². The van der Waals surface area contributed by atoms with Crippen LogP contribution in [0, 0.1) is 0 Å². The molecule has 1 aliphatic heterocycles. The molecule has 8 heteroatoms. The summed E-state index contributed by atoms with van der Waals surface area (Å²) in [5.41, 5.74) is 5.02. The van der Waals surface area contributed by atoms with Crippen molar-refractivity contribution in [2.24, 2.45) is 0 Å². The van der Waals surface area contributed by atoms with Crippen LogP contribution < -0.4 is 10.8 Å². The largest absolute Gasteiger partial charge is 0.478 e. The molecule has 2 heterocycles. The number of carbonyl (C=O) groups is 2. The van der Waals surface area contributed by atoms with Crippen LogP contribution in [0.25, 0.3) is 10.9 Å². The van der Waals surface area contributed by atoms with E-state index in [1.807, 2.05) is 18.2 Å². The van der Waals surface area contributed by atoms with Crippen molar-refractivity contribution in [1.29, 1.82) is 0 Å². The van der Waals surface area contributed by atoms with Gasteiger partial charge >= 0.3 is 5.97 Å². The van der Waals surface area contributed by atoms with Crippen molar-refractivity contribution < 1.29 is 19.9 Å². The van der Waals surface area contributed by atoms with E-state index >= 15 is 0 Å². The molecule has 0 fully saturated rings. The Bertz CT molecular complexity index is 1040. The summed E-state index contributed by atoms with van der Waals surface area (Å²) < 4.78 is 0.767. The molecular weight excluding hydrogens is 390 g/mol. The topological polar surface area (TPSA) is 114 Å². The second kappa shape index (κ2) is 5.61. The lowest BCUT2D eigenvalue weighted by molar-refractivity contribution is -0.116. The molecule has 0 saturated carbocycles. The van der Waals surface area contributed by atoms with Crippen molar-refractivity contribution in [3.63, 3.8) is 0 Å². The van der Waals surface area contributed by atoms with Crippen LogP contribution in [0.15, 0.2) is 40.9 Å². The van der Waals surface area contributed by atoms with Crippen LogP contribution in [0.3, 0.4) is 0 Å². The molecule has 1 amide bonds. The fraction of sp³-hybridized carbons (Fsp3) is 0.0588. The molecule has 1 aromatic heterocycles. The van der Waals surface area contributed by atoms with Gasteiger partial charge in [-0.2, -0.15) is 0 Å². The van der Waals surface area contributed by atoms with Crippen LogP contribution in [0.1, 0.15) is 27.5 Å². The third-order valence-electron chi connectivity index (χ3n) is 4.34. The summed E-state index contributed by atoms with van der Waals surface area (Å²) in [5, 5.41) is 22.1. The van der Waals surface area contributed by atoms with E-state index in [0.29, 0.717) is 22.3 Å². The van der Waals surface area contributed by atoms with Crippen molar-refractivity contribution in [2.75, 3.05) is 10.8 Å². The smallest absolute Gasteiger partial charge is 0.335 e. The number of rotatable bonds is 3. The summed E-state index contributed by atoms with van der Waals surface area (Å²) in [6.07, 6.45) is 0. The van der Waals surface area contributed by atoms with Crippen molar-refractivity contribution >= 4 is 50.1 Å². The summed E-state index contributed by atoms with van der Waals surface area (Å²) in [4.78, 5) is 26.9. The first-order valence-corrected chi connectivity index (χ1v) is 8.19. The molecule has 0 aliphatic carbocycles. The van der Waals surface area contributed by atoms with E-state index < -0.39 is 11.9 Å². The Morgan fingerprint density at radius 1 is 1.24 bits per heavy atom. The second-order valence-electron chi connectivity index (χ2n) is 5.72. The van der Waals surface area contributed by atoms with Gasteiger partial charge in [-0.3, -0.25) is 15.5 Å². The maximum Gasteiger partial charge on any atom is 0.335 e. The number of carboxylic acids is 1. The Morgan fingerprint density at radius 2 is 2.04 bits per heavy atom. The van der Waals surface area contributed by atoms with Crippen molar-refractivity contribution in [1.82, 2.24) is 4.98 Å². The number of amides is 1. The Morgan fingerprint density at radius 3 is 2.76 bits per heavy atom. The first-order valence-electron chi connectivity index (χ1n) is 7.39. The zero-order valence-electron chi connectivity index (χ0n) is 12.6. The van der Waals surface area contributed by atoms with Gasteiger partial charge in [0, 0.05) is 15.4 Å². The number of carbonyl (C=O) groups excluding carboxylic acids is 1. The van der Waals surface area contributed by atoms with Gasteiger partial charge in [0.1, 0.15) is 5.92 Å². The molecule has 1 atom stereocenters. The molecule has 3 aromatic rings. The lowest BCUT2D eigenvalue weighted by atomic mass is 9.96. The number of halogens is 1. The lowest BCUT2D eigenvalue weighted by Gasteiger charge is -2.10. The van der Waals surface area contributed by atoms with E-state index in [4.69, 9.17) is 5.11 Å². The highest BCUT2D eigenvalue weighted by Gasteiger charge is 2.36. The highest BCUT2D eigenvalue weighted by Crippen LogP contribution is 2.44. The normalized spacial score (nSPS) is 15.9. The number of para-hydroxylation sites is 1. The van der Waals surface area contributed by atoms with E-state index in [1.165, 1.54) is 12.1 Å². The molecule has 126 valence electrons. The first-order chi connectivity index (χ1) is 12.0. The zero-order chi connectivity index (χ0) is 17.7. The SMILES string of the molecule is O=C(O)c1ccc2[nH]c([C@H]3C(=O)Nc4c(Br)cccc43)c(NO)c2c1. The van der Waals surface area contributed by atoms with Crippen LogP contribution in [-0.4, -0.2) is 27.2 Å². The number of anilines is 2. The van der Waals surface area contributed by atoms with Crippen molar-refractivity contribution in [3.8, 4) is 0 Å². The third-order valence-corrected chi connectivity index (χ3v) is 5.00. The third kappa shape index (κ3) is 2.30. The highest BCUT2D eigenvalue weighted by molar-refractivity contribution is 9.10. The van der Waals surface area contributed by atoms with Gasteiger partial charge < -0.3 is 15.4 Å². The number of hydrogen-bond donors (Lipinski definition) is 5. The minimum atomic E-state index is -1.07. The zero-order valence-corrected chi connectivity index (χ0v) is 14.2. The molecule has 0 unspecified atom stereocenters. The molecule has 0 saturated heterocycles. The summed E-state index contributed by atoms with van der Waals surface area (Å²) in [6.45, 7) is 0.